The Morgan fingerprint density at radius 3 is 2.75 bits per heavy atom. The molecule has 1 aliphatic rings. The topological polar surface area (TPSA) is 23.5 Å². The zero-order chi connectivity index (χ0) is 14.1. The molecule has 0 spiro atoms. The number of hydrogen-bond acceptors (Lipinski definition) is 3. The Labute approximate surface area is 132 Å². The third-order valence-electron chi connectivity index (χ3n) is 3.66. The van der Waals surface area contributed by atoms with Crippen LogP contribution >= 0.6 is 27.3 Å². The summed E-state index contributed by atoms with van der Waals surface area (Å²) in [5.41, 5.74) is 2.18. The lowest BCUT2D eigenvalue weighted by molar-refractivity contribution is 0.198. The zero-order valence-corrected chi connectivity index (χ0v) is 13.8. The van der Waals surface area contributed by atoms with Crippen LogP contribution in [0.3, 0.4) is 0 Å². The van der Waals surface area contributed by atoms with Crippen molar-refractivity contribution in [3.05, 3.63) is 50.6 Å². The molecule has 1 unspecified atom stereocenters. The van der Waals surface area contributed by atoms with Crippen molar-refractivity contribution < 1.29 is 5.11 Å². The molecule has 1 aromatic heterocycles. The Hall–Kier alpha value is -0.840. The maximum atomic E-state index is 9.72. The summed E-state index contributed by atoms with van der Waals surface area (Å²) in [6.45, 7) is 2.77. The lowest BCUT2D eigenvalue weighted by Crippen LogP contribution is -2.24. The number of anilines is 1. The highest BCUT2D eigenvalue weighted by Crippen LogP contribution is 2.36. The monoisotopic (exact) mass is 351 g/mol. The van der Waals surface area contributed by atoms with Gasteiger partial charge in [-0.2, -0.15) is 0 Å². The lowest BCUT2D eigenvalue weighted by atomic mass is 10.1. The Balaban J connectivity index is 1.86. The highest BCUT2D eigenvalue weighted by atomic mass is 79.9. The van der Waals surface area contributed by atoms with E-state index in [1.165, 1.54) is 23.4 Å². The van der Waals surface area contributed by atoms with E-state index in [0.29, 0.717) is 6.04 Å². The Bertz CT molecular complexity index is 578. The minimum absolute atomic E-state index is 0.440. The third kappa shape index (κ3) is 3.08. The average molecular weight is 352 g/mol. The van der Waals surface area contributed by atoms with Crippen LogP contribution in [-0.2, 0) is 6.54 Å². The van der Waals surface area contributed by atoms with Gasteiger partial charge in [0.2, 0.25) is 0 Å². The van der Waals surface area contributed by atoms with Crippen molar-refractivity contribution in [2.45, 2.75) is 38.5 Å². The second-order valence-electron chi connectivity index (χ2n) is 5.32. The minimum atomic E-state index is -0.440. The van der Waals surface area contributed by atoms with Crippen LogP contribution in [0.25, 0.3) is 0 Å². The normalized spacial score (nSPS) is 16.1. The number of nitrogens with zero attached hydrogens (tertiary/aromatic N) is 1. The smallest absolute Gasteiger partial charge is 0.0772 e. The first-order valence-electron chi connectivity index (χ1n) is 6.91. The Morgan fingerprint density at radius 1 is 1.40 bits per heavy atom. The summed E-state index contributed by atoms with van der Waals surface area (Å²) in [7, 11) is 0. The molecule has 0 saturated heterocycles. The van der Waals surface area contributed by atoms with Crippen LogP contribution in [0.5, 0.6) is 0 Å². The number of aliphatic hydroxyl groups is 1. The second-order valence-corrected chi connectivity index (χ2v) is 7.21. The minimum Gasteiger partial charge on any atom is -0.389 e. The average Bonchev–Trinajstić information content (AvgIpc) is 3.12. The molecule has 1 aliphatic carbocycles. The van der Waals surface area contributed by atoms with Gasteiger partial charge in [-0.3, -0.25) is 0 Å². The van der Waals surface area contributed by atoms with E-state index in [1.807, 2.05) is 17.4 Å². The maximum absolute atomic E-state index is 9.72. The van der Waals surface area contributed by atoms with Crippen molar-refractivity contribution in [1.82, 2.24) is 0 Å². The lowest BCUT2D eigenvalue weighted by Gasteiger charge is -2.25. The fourth-order valence-corrected chi connectivity index (χ4v) is 3.82. The molecule has 1 saturated carbocycles. The van der Waals surface area contributed by atoms with Gasteiger partial charge in [0.25, 0.3) is 0 Å². The van der Waals surface area contributed by atoms with Gasteiger partial charge in [0, 0.05) is 21.1 Å². The van der Waals surface area contributed by atoms with E-state index in [0.717, 1.165) is 16.6 Å². The molecular formula is C16H18BrNOS. The molecular weight excluding hydrogens is 334 g/mol. The van der Waals surface area contributed by atoms with E-state index in [-0.39, 0.29) is 0 Å². The van der Waals surface area contributed by atoms with E-state index in [1.54, 1.807) is 6.92 Å². The number of aliphatic hydroxyl groups excluding tert-OH is 1. The number of benzene rings is 1. The van der Waals surface area contributed by atoms with Gasteiger partial charge in [0.15, 0.2) is 0 Å². The largest absolute Gasteiger partial charge is 0.389 e. The van der Waals surface area contributed by atoms with E-state index in [9.17, 15) is 5.11 Å². The van der Waals surface area contributed by atoms with E-state index >= 15 is 0 Å². The molecule has 20 heavy (non-hydrogen) atoms. The molecule has 2 aromatic rings. The van der Waals surface area contributed by atoms with Gasteiger partial charge in [0.05, 0.1) is 12.6 Å². The van der Waals surface area contributed by atoms with Crippen molar-refractivity contribution in [3.63, 3.8) is 0 Å². The second kappa shape index (κ2) is 5.88. The number of hydrogen-bond donors (Lipinski definition) is 1. The van der Waals surface area contributed by atoms with Gasteiger partial charge in [-0.25, -0.2) is 0 Å². The third-order valence-corrected chi connectivity index (χ3v) is 5.21. The Kier molecular flexibility index (Phi) is 4.15. The van der Waals surface area contributed by atoms with Crippen LogP contribution in [0.2, 0.25) is 0 Å². The van der Waals surface area contributed by atoms with Crippen molar-refractivity contribution in [3.8, 4) is 0 Å². The summed E-state index contributed by atoms with van der Waals surface area (Å²) in [6.07, 6.45) is 2.12. The quantitative estimate of drug-likeness (QED) is 0.841. The summed E-state index contributed by atoms with van der Waals surface area (Å²) in [6, 6.07) is 11.2. The highest BCUT2D eigenvalue weighted by Gasteiger charge is 2.29. The van der Waals surface area contributed by atoms with Crippen LogP contribution in [0.4, 0.5) is 5.69 Å². The zero-order valence-electron chi connectivity index (χ0n) is 11.4. The first-order valence-corrected chi connectivity index (χ1v) is 8.59. The van der Waals surface area contributed by atoms with E-state index in [2.05, 4.69) is 50.5 Å². The molecule has 1 heterocycles. The van der Waals surface area contributed by atoms with E-state index in [4.69, 9.17) is 0 Å². The summed E-state index contributed by atoms with van der Waals surface area (Å²) >= 11 is 5.39. The van der Waals surface area contributed by atoms with E-state index < -0.39 is 6.10 Å². The summed E-state index contributed by atoms with van der Waals surface area (Å²) in [5.74, 6) is 0. The number of halogens is 1. The standard InChI is InChI=1S/C16H18BrNOS/c1-11(19)15-7-6-13(9-16(15)17)18(12-4-5-12)10-14-3-2-8-20-14/h2-3,6-9,11-12,19H,4-5,10H2,1H3. The summed E-state index contributed by atoms with van der Waals surface area (Å²) in [4.78, 5) is 3.87. The van der Waals surface area contributed by atoms with Crippen molar-refractivity contribution in [1.29, 1.82) is 0 Å². The van der Waals surface area contributed by atoms with Gasteiger partial charge >= 0.3 is 0 Å². The summed E-state index contributed by atoms with van der Waals surface area (Å²) in [5, 5.41) is 11.9. The highest BCUT2D eigenvalue weighted by molar-refractivity contribution is 9.10. The van der Waals surface area contributed by atoms with Gasteiger partial charge in [-0.1, -0.05) is 28.1 Å². The predicted octanol–water partition coefficient (Wildman–Crippen LogP) is 4.73. The van der Waals surface area contributed by atoms with Crippen LogP contribution in [0, 0.1) is 0 Å². The number of thiophene rings is 1. The molecule has 1 aromatic carbocycles. The van der Waals surface area contributed by atoms with Crippen molar-refractivity contribution in [2.24, 2.45) is 0 Å². The van der Waals surface area contributed by atoms with Crippen LogP contribution < -0.4 is 4.90 Å². The van der Waals surface area contributed by atoms with Crippen LogP contribution in [0.1, 0.15) is 36.3 Å². The molecule has 106 valence electrons. The molecule has 0 aliphatic heterocycles. The van der Waals surface area contributed by atoms with Gasteiger partial charge in [-0.05, 0) is 48.9 Å². The molecule has 0 bridgehead atoms. The van der Waals surface area contributed by atoms with Gasteiger partial charge in [0.1, 0.15) is 0 Å². The molecule has 4 heteroatoms. The van der Waals surface area contributed by atoms with Gasteiger partial charge < -0.3 is 10.0 Å². The van der Waals surface area contributed by atoms with Crippen molar-refractivity contribution in [2.75, 3.05) is 4.90 Å². The predicted molar refractivity (Wildman–Crippen MR) is 88.3 cm³/mol. The SMILES string of the molecule is CC(O)c1ccc(N(Cc2cccs2)C2CC2)cc1Br. The Morgan fingerprint density at radius 2 is 2.20 bits per heavy atom. The summed E-state index contributed by atoms with van der Waals surface area (Å²) < 4.78 is 0.988. The van der Waals surface area contributed by atoms with Gasteiger partial charge in [-0.15, -0.1) is 11.3 Å². The molecule has 2 nitrogen and oxygen atoms in total. The first-order chi connectivity index (χ1) is 9.65. The molecule has 1 N–H and O–H groups in total. The number of rotatable bonds is 5. The maximum Gasteiger partial charge on any atom is 0.0772 e. The molecule has 0 amide bonds. The molecule has 3 rings (SSSR count). The molecule has 0 radical (unpaired) electrons. The first kappa shape index (κ1) is 14.1. The fraction of sp³-hybridized carbons (Fsp3) is 0.375. The molecule has 1 atom stereocenters. The fourth-order valence-electron chi connectivity index (χ4n) is 2.42. The van der Waals surface area contributed by atoms with Crippen LogP contribution in [0.15, 0.2) is 40.2 Å². The van der Waals surface area contributed by atoms with Crippen LogP contribution in [-0.4, -0.2) is 11.1 Å². The van der Waals surface area contributed by atoms with Crippen molar-refractivity contribution >= 4 is 33.0 Å². The molecule has 1 fully saturated rings.